The average molecular weight is 349 g/mol. The van der Waals surface area contributed by atoms with Gasteiger partial charge in [0.1, 0.15) is 0 Å². The molecule has 6 nitrogen and oxygen atoms in total. The van der Waals surface area contributed by atoms with Gasteiger partial charge in [0.15, 0.2) is 16.7 Å². The summed E-state index contributed by atoms with van der Waals surface area (Å²) in [7, 11) is 0. The predicted octanol–water partition coefficient (Wildman–Crippen LogP) is 2.66. The fourth-order valence-electron chi connectivity index (χ4n) is 2.11. The summed E-state index contributed by atoms with van der Waals surface area (Å²) >= 11 is 1.38. The molecule has 0 aliphatic rings. The van der Waals surface area contributed by atoms with Gasteiger partial charge in [0.05, 0.1) is 19.0 Å². The molecule has 0 saturated heterocycles. The van der Waals surface area contributed by atoms with Gasteiger partial charge in [-0.15, -0.1) is 0 Å². The van der Waals surface area contributed by atoms with Crippen LogP contribution in [-0.4, -0.2) is 41.4 Å². The first-order valence-corrected chi connectivity index (χ1v) is 8.98. The van der Waals surface area contributed by atoms with Gasteiger partial charge in [0.25, 0.3) is 0 Å². The number of nitrogens with zero attached hydrogens (tertiary/aromatic N) is 1. The molecule has 0 radical (unpaired) electrons. The van der Waals surface area contributed by atoms with Crippen molar-refractivity contribution in [2.24, 2.45) is 0 Å². The van der Waals surface area contributed by atoms with Gasteiger partial charge in [0.2, 0.25) is 5.91 Å². The predicted molar refractivity (Wildman–Crippen MR) is 94.8 cm³/mol. The molecular weight excluding hydrogens is 326 g/mol. The number of hydrogen-bond donors (Lipinski definition) is 2. The van der Waals surface area contributed by atoms with Crippen molar-refractivity contribution < 1.29 is 14.3 Å². The van der Waals surface area contributed by atoms with E-state index in [1.165, 1.54) is 11.8 Å². The van der Waals surface area contributed by atoms with Crippen LogP contribution in [0.25, 0.3) is 0 Å². The number of nitrogens with one attached hydrogen (secondary N) is 2. The fourth-order valence-corrected chi connectivity index (χ4v) is 2.77. The van der Waals surface area contributed by atoms with Gasteiger partial charge in [-0.25, -0.2) is 4.98 Å². The highest BCUT2D eigenvalue weighted by Crippen LogP contribution is 2.28. The Morgan fingerprint density at radius 3 is 2.75 bits per heavy atom. The Kier molecular flexibility index (Phi) is 7.48. The third-order valence-corrected chi connectivity index (χ3v) is 4.06. The van der Waals surface area contributed by atoms with E-state index < -0.39 is 0 Å². The zero-order valence-corrected chi connectivity index (χ0v) is 14.8. The van der Waals surface area contributed by atoms with E-state index in [0.29, 0.717) is 25.5 Å². The minimum Gasteiger partial charge on any atom is -0.490 e. The van der Waals surface area contributed by atoms with Crippen LogP contribution < -0.4 is 14.8 Å². The third kappa shape index (κ3) is 5.81. The Balaban J connectivity index is 1.78. The summed E-state index contributed by atoms with van der Waals surface area (Å²) in [5.41, 5.74) is 1.10. The number of carbonyl (C=O) groups excluding carboxylic acids is 1. The van der Waals surface area contributed by atoms with E-state index in [-0.39, 0.29) is 5.91 Å². The number of H-pyrrole nitrogens is 1. The molecule has 130 valence electrons. The number of aromatic amines is 1. The minimum atomic E-state index is -0.00707. The second-order valence-corrected chi connectivity index (χ2v) is 5.89. The number of carbonyl (C=O) groups is 1. The molecule has 24 heavy (non-hydrogen) atoms. The molecule has 0 aliphatic heterocycles. The normalized spacial score (nSPS) is 10.4. The van der Waals surface area contributed by atoms with Gasteiger partial charge in [-0.2, -0.15) is 0 Å². The minimum absolute atomic E-state index is 0.00707. The van der Waals surface area contributed by atoms with E-state index in [9.17, 15) is 4.79 Å². The van der Waals surface area contributed by atoms with Crippen LogP contribution in [0.5, 0.6) is 11.5 Å². The van der Waals surface area contributed by atoms with Crippen LogP contribution in [0.4, 0.5) is 0 Å². The SMILES string of the molecule is CCOc1ccc(CCNC(=O)CSc2ncc[nH]2)cc1OCC. The van der Waals surface area contributed by atoms with E-state index in [1.807, 2.05) is 32.0 Å². The Hall–Kier alpha value is -2.15. The van der Waals surface area contributed by atoms with Gasteiger partial charge < -0.3 is 19.8 Å². The van der Waals surface area contributed by atoms with Crippen molar-refractivity contribution in [3.05, 3.63) is 36.2 Å². The largest absolute Gasteiger partial charge is 0.490 e. The number of amides is 1. The zero-order chi connectivity index (χ0) is 17.2. The maximum absolute atomic E-state index is 11.8. The van der Waals surface area contributed by atoms with Gasteiger partial charge >= 0.3 is 0 Å². The second kappa shape index (κ2) is 9.87. The molecule has 0 spiro atoms. The quantitative estimate of drug-likeness (QED) is 0.645. The molecule has 0 aliphatic carbocycles. The number of imidazole rings is 1. The smallest absolute Gasteiger partial charge is 0.230 e. The number of aromatic nitrogens is 2. The summed E-state index contributed by atoms with van der Waals surface area (Å²) in [6.07, 6.45) is 4.15. The van der Waals surface area contributed by atoms with Gasteiger partial charge in [0, 0.05) is 18.9 Å². The summed E-state index contributed by atoms with van der Waals surface area (Å²) < 4.78 is 11.2. The van der Waals surface area contributed by atoms with Gasteiger partial charge in [-0.05, 0) is 38.0 Å². The monoisotopic (exact) mass is 349 g/mol. The lowest BCUT2D eigenvalue weighted by molar-refractivity contribution is -0.118. The van der Waals surface area contributed by atoms with Gasteiger partial charge in [-0.3, -0.25) is 4.79 Å². The molecule has 2 N–H and O–H groups in total. The number of ether oxygens (including phenoxy) is 2. The molecule has 0 bridgehead atoms. The number of hydrogen-bond acceptors (Lipinski definition) is 5. The van der Waals surface area contributed by atoms with E-state index >= 15 is 0 Å². The maximum Gasteiger partial charge on any atom is 0.230 e. The Labute approximate surface area is 146 Å². The number of rotatable bonds is 10. The van der Waals surface area contributed by atoms with E-state index in [1.54, 1.807) is 12.4 Å². The molecule has 0 fully saturated rings. The molecule has 1 amide bonds. The molecule has 1 aromatic carbocycles. The Morgan fingerprint density at radius 1 is 1.25 bits per heavy atom. The van der Waals surface area contributed by atoms with Crippen LogP contribution in [0.15, 0.2) is 35.7 Å². The van der Waals surface area contributed by atoms with Crippen LogP contribution >= 0.6 is 11.8 Å². The maximum atomic E-state index is 11.8. The highest BCUT2D eigenvalue weighted by atomic mass is 32.2. The van der Waals surface area contributed by atoms with Crippen molar-refractivity contribution in [2.45, 2.75) is 25.4 Å². The van der Waals surface area contributed by atoms with Crippen LogP contribution in [0.3, 0.4) is 0 Å². The van der Waals surface area contributed by atoms with Crippen LogP contribution in [0, 0.1) is 0 Å². The van der Waals surface area contributed by atoms with Crippen molar-refractivity contribution >= 4 is 17.7 Å². The molecule has 7 heteroatoms. The Morgan fingerprint density at radius 2 is 2.04 bits per heavy atom. The first kappa shape index (κ1) is 18.2. The van der Waals surface area contributed by atoms with E-state index in [0.717, 1.165) is 28.6 Å². The summed E-state index contributed by atoms with van der Waals surface area (Å²) in [4.78, 5) is 18.8. The molecule has 2 aromatic rings. The highest BCUT2D eigenvalue weighted by Gasteiger charge is 2.07. The van der Waals surface area contributed by atoms with E-state index in [2.05, 4.69) is 15.3 Å². The lowest BCUT2D eigenvalue weighted by Crippen LogP contribution is -2.27. The van der Waals surface area contributed by atoms with E-state index in [4.69, 9.17) is 9.47 Å². The fraction of sp³-hybridized carbons (Fsp3) is 0.412. The molecule has 0 saturated carbocycles. The van der Waals surface area contributed by atoms with Gasteiger partial charge in [-0.1, -0.05) is 17.8 Å². The Bertz CT molecular complexity index is 632. The highest BCUT2D eigenvalue weighted by molar-refractivity contribution is 7.99. The van der Waals surface area contributed by atoms with Crippen LogP contribution in [0.1, 0.15) is 19.4 Å². The average Bonchev–Trinajstić information content (AvgIpc) is 3.09. The molecule has 0 atom stereocenters. The number of benzene rings is 1. The first-order chi connectivity index (χ1) is 11.7. The zero-order valence-electron chi connectivity index (χ0n) is 14.0. The summed E-state index contributed by atoms with van der Waals surface area (Å²) in [5.74, 6) is 1.84. The van der Waals surface area contributed by atoms with Crippen molar-refractivity contribution in [3.8, 4) is 11.5 Å². The summed E-state index contributed by atoms with van der Waals surface area (Å²) in [6, 6.07) is 5.88. The van der Waals surface area contributed by atoms with Crippen molar-refractivity contribution in [2.75, 3.05) is 25.5 Å². The standard InChI is InChI=1S/C17H23N3O3S/c1-3-22-14-6-5-13(11-15(14)23-4-2)7-8-18-16(21)12-24-17-19-9-10-20-17/h5-6,9-11H,3-4,7-8,12H2,1-2H3,(H,18,21)(H,19,20). The molecule has 1 aromatic heterocycles. The molecular formula is C17H23N3O3S. The molecule has 2 rings (SSSR count). The summed E-state index contributed by atoms with van der Waals surface area (Å²) in [6.45, 7) is 5.66. The molecule has 1 heterocycles. The summed E-state index contributed by atoms with van der Waals surface area (Å²) in [5, 5.41) is 3.66. The van der Waals surface area contributed by atoms with Crippen molar-refractivity contribution in [3.63, 3.8) is 0 Å². The third-order valence-electron chi connectivity index (χ3n) is 3.16. The number of thioether (sulfide) groups is 1. The van der Waals surface area contributed by atoms with Crippen molar-refractivity contribution in [1.29, 1.82) is 0 Å². The topological polar surface area (TPSA) is 76.2 Å². The van der Waals surface area contributed by atoms with Crippen molar-refractivity contribution in [1.82, 2.24) is 15.3 Å². The first-order valence-electron chi connectivity index (χ1n) is 8.00. The van der Waals surface area contributed by atoms with Crippen LogP contribution in [0.2, 0.25) is 0 Å². The lowest BCUT2D eigenvalue weighted by Gasteiger charge is -2.12. The molecule has 0 unspecified atom stereocenters. The second-order valence-electron chi connectivity index (χ2n) is 4.93. The lowest BCUT2D eigenvalue weighted by atomic mass is 10.1. The van der Waals surface area contributed by atoms with Crippen LogP contribution in [-0.2, 0) is 11.2 Å².